The molecule has 9 heteroatoms. The van der Waals surface area contributed by atoms with Crippen LogP contribution in [0, 0.1) is 0 Å². The Bertz CT molecular complexity index is 947. The lowest BCUT2D eigenvalue weighted by Crippen LogP contribution is -2.42. The van der Waals surface area contributed by atoms with E-state index in [1.165, 1.54) is 0 Å². The van der Waals surface area contributed by atoms with E-state index < -0.39 is 17.7 Å². The van der Waals surface area contributed by atoms with Gasteiger partial charge in [-0.2, -0.15) is 13.2 Å². The molecule has 0 aromatic heterocycles. The van der Waals surface area contributed by atoms with Gasteiger partial charge in [0.2, 0.25) is 5.84 Å². The first-order valence-electron chi connectivity index (χ1n) is 8.97. The van der Waals surface area contributed by atoms with Crippen molar-refractivity contribution in [2.45, 2.75) is 32.5 Å². The zero-order valence-corrected chi connectivity index (χ0v) is 16.5. The van der Waals surface area contributed by atoms with Crippen molar-refractivity contribution in [3.8, 4) is 0 Å². The number of amidine groups is 1. The average molecular weight is 426 g/mol. The van der Waals surface area contributed by atoms with Crippen LogP contribution in [-0.2, 0) is 22.1 Å². The Morgan fingerprint density at radius 1 is 1.31 bits per heavy atom. The summed E-state index contributed by atoms with van der Waals surface area (Å²) in [5, 5.41) is 4.14. The fraction of sp³-hybridized carbons (Fsp3) is 0.300. The van der Waals surface area contributed by atoms with E-state index in [9.17, 15) is 18.0 Å². The van der Waals surface area contributed by atoms with Gasteiger partial charge in [-0.05, 0) is 50.1 Å². The molecule has 2 aromatic rings. The minimum atomic E-state index is -4.53. The molecule has 0 bridgehead atoms. The smallest absolute Gasteiger partial charge is 0.416 e. The highest BCUT2D eigenvalue weighted by molar-refractivity contribution is 6.41. The molecule has 1 N–H and O–H groups in total. The highest BCUT2D eigenvalue weighted by Crippen LogP contribution is 2.35. The summed E-state index contributed by atoms with van der Waals surface area (Å²) in [4.78, 5) is 14.3. The Morgan fingerprint density at radius 3 is 2.72 bits per heavy atom. The van der Waals surface area contributed by atoms with E-state index in [4.69, 9.17) is 16.3 Å². The third-order valence-electron chi connectivity index (χ3n) is 4.47. The third-order valence-corrected chi connectivity index (χ3v) is 4.80. The van der Waals surface area contributed by atoms with Crippen LogP contribution in [0.3, 0.4) is 0 Å². The number of hydrogen-bond donors (Lipinski definition) is 1. The van der Waals surface area contributed by atoms with Crippen molar-refractivity contribution in [3.63, 3.8) is 0 Å². The maximum atomic E-state index is 13.0. The SMILES string of the molecule is CCOC(=O)/C(=N\Nc1cc(C(F)(F)F)ccc1Cl)N1c2ccccc2CC1C. The Balaban J connectivity index is 1.99. The van der Waals surface area contributed by atoms with E-state index in [2.05, 4.69) is 10.5 Å². The largest absolute Gasteiger partial charge is 0.460 e. The fourth-order valence-electron chi connectivity index (χ4n) is 3.18. The molecule has 154 valence electrons. The molecule has 5 nitrogen and oxygen atoms in total. The molecule has 0 fully saturated rings. The molecule has 0 spiro atoms. The molecule has 0 amide bonds. The van der Waals surface area contributed by atoms with E-state index in [-0.39, 0.29) is 29.2 Å². The second-order valence-corrected chi connectivity index (χ2v) is 6.92. The molecular weight excluding hydrogens is 407 g/mol. The first kappa shape index (κ1) is 21.0. The molecule has 0 saturated carbocycles. The molecule has 0 aliphatic carbocycles. The lowest BCUT2D eigenvalue weighted by molar-refractivity contribution is -0.137. The van der Waals surface area contributed by atoms with Crippen molar-refractivity contribution >= 4 is 34.8 Å². The zero-order chi connectivity index (χ0) is 21.2. The zero-order valence-electron chi connectivity index (χ0n) is 15.8. The van der Waals surface area contributed by atoms with Crippen LogP contribution >= 0.6 is 11.6 Å². The number of anilines is 2. The van der Waals surface area contributed by atoms with Gasteiger partial charge < -0.3 is 9.64 Å². The highest BCUT2D eigenvalue weighted by Gasteiger charge is 2.34. The van der Waals surface area contributed by atoms with Crippen LogP contribution in [0.5, 0.6) is 0 Å². The lowest BCUT2D eigenvalue weighted by Gasteiger charge is -2.25. The van der Waals surface area contributed by atoms with Crippen molar-refractivity contribution in [3.05, 3.63) is 58.6 Å². The number of carbonyl (C=O) groups is 1. The van der Waals surface area contributed by atoms with Crippen molar-refractivity contribution in [2.75, 3.05) is 16.9 Å². The van der Waals surface area contributed by atoms with E-state index >= 15 is 0 Å². The summed E-state index contributed by atoms with van der Waals surface area (Å²) < 4.78 is 44.1. The van der Waals surface area contributed by atoms with Gasteiger partial charge in [0.25, 0.3) is 0 Å². The van der Waals surface area contributed by atoms with Crippen LogP contribution in [0.15, 0.2) is 47.6 Å². The summed E-state index contributed by atoms with van der Waals surface area (Å²) in [5.74, 6) is -0.746. The van der Waals surface area contributed by atoms with Crippen LogP contribution in [0.2, 0.25) is 5.02 Å². The topological polar surface area (TPSA) is 53.9 Å². The molecule has 2 aromatic carbocycles. The van der Waals surface area contributed by atoms with E-state index in [0.717, 1.165) is 29.4 Å². The average Bonchev–Trinajstić information content (AvgIpc) is 2.98. The number of alkyl halides is 3. The van der Waals surface area contributed by atoms with Crippen LogP contribution in [0.4, 0.5) is 24.5 Å². The Hall–Kier alpha value is -2.74. The summed E-state index contributed by atoms with van der Waals surface area (Å²) in [6.07, 6.45) is -3.84. The molecule has 1 aliphatic rings. The van der Waals surface area contributed by atoms with Gasteiger partial charge in [-0.3, -0.25) is 5.43 Å². The number of para-hydroxylation sites is 1. The summed E-state index contributed by atoms with van der Waals surface area (Å²) in [6, 6.07) is 10.3. The van der Waals surface area contributed by atoms with E-state index in [0.29, 0.717) is 6.42 Å². The first-order valence-corrected chi connectivity index (χ1v) is 9.35. The number of nitrogens with one attached hydrogen (secondary N) is 1. The van der Waals surface area contributed by atoms with Crippen molar-refractivity contribution < 1.29 is 22.7 Å². The molecule has 0 radical (unpaired) electrons. The van der Waals surface area contributed by atoms with Crippen LogP contribution in [0.1, 0.15) is 25.0 Å². The number of benzene rings is 2. The first-order chi connectivity index (χ1) is 13.7. The standard InChI is InChI=1S/C20H19ClF3N3O2/c1-3-29-19(28)18(27-12(2)10-13-6-4-5-7-17(13)27)26-25-16-11-14(20(22,23)24)8-9-15(16)21/h4-9,11-12,25H,3,10H2,1-2H3/b26-18+. The predicted octanol–water partition coefficient (Wildman–Crippen LogP) is 5.10. The van der Waals surface area contributed by atoms with Crippen molar-refractivity contribution in [1.82, 2.24) is 0 Å². The number of halogens is 4. The highest BCUT2D eigenvalue weighted by atomic mass is 35.5. The molecule has 29 heavy (non-hydrogen) atoms. The Labute approximate surface area is 171 Å². The molecule has 1 aliphatic heterocycles. The summed E-state index contributed by atoms with van der Waals surface area (Å²) in [7, 11) is 0. The van der Waals surface area contributed by atoms with Gasteiger partial charge in [-0.25, -0.2) is 4.79 Å². The molecule has 1 unspecified atom stereocenters. The molecular formula is C20H19ClF3N3O2. The normalized spacial score (nSPS) is 16.6. The van der Waals surface area contributed by atoms with E-state index in [1.54, 1.807) is 11.8 Å². The second-order valence-electron chi connectivity index (χ2n) is 6.51. The predicted molar refractivity (Wildman–Crippen MR) is 106 cm³/mol. The van der Waals surface area contributed by atoms with Crippen LogP contribution < -0.4 is 10.3 Å². The maximum absolute atomic E-state index is 13.0. The summed E-state index contributed by atoms with van der Waals surface area (Å²) in [5.41, 5.74) is 3.39. The minimum Gasteiger partial charge on any atom is -0.460 e. The van der Waals surface area contributed by atoms with E-state index in [1.807, 2.05) is 31.2 Å². The summed E-state index contributed by atoms with van der Waals surface area (Å²) in [6.45, 7) is 3.71. The van der Waals surface area contributed by atoms with Crippen molar-refractivity contribution in [1.29, 1.82) is 0 Å². The fourth-order valence-corrected chi connectivity index (χ4v) is 3.34. The van der Waals surface area contributed by atoms with Gasteiger partial charge in [-0.15, -0.1) is 5.10 Å². The van der Waals surface area contributed by atoms with Crippen molar-refractivity contribution in [2.24, 2.45) is 5.10 Å². The van der Waals surface area contributed by atoms with Gasteiger partial charge in [0.05, 0.1) is 22.9 Å². The molecule has 1 atom stereocenters. The maximum Gasteiger partial charge on any atom is 0.416 e. The van der Waals surface area contributed by atoms with Gasteiger partial charge >= 0.3 is 12.1 Å². The lowest BCUT2D eigenvalue weighted by atomic mass is 10.1. The molecule has 3 rings (SSSR count). The number of hydrazone groups is 1. The number of rotatable bonds is 3. The molecule has 1 heterocycles. The molecule has 0 saturated heterocycles. The number of esters is 1. The van der Waals surface area contributed by atoms with Crippen LogP contribution in [0.25, 0.3) is 0 Å². The number of carbonyl (C=O) groups excluding carboxylic acids is 1. The third kappa shape index (κ3) is 4.48. The Morgan fingerprint density at radius 2 is 2.03 bits per heavy atom. The summed E-state index contributed by atoms with van der Waals surface area (Å²) >= 11 is 6.01. The van der Waals surface area contributed by atoms with Gasteiger partial charge in [0.1, 0.15) is 0 Å². The number of nitrogens with zero attached hydrogens (tertiary/aromatic N) is 2. The number of fused-ring (bicyclic) bond motifs is 1. The number of ether oxygens (including phenoxy) is 1. The van der Waals surface area contributed by atoms with Gasteiger partial charge in [0.15, 0.2) is 0 Å². The van der Waals surface area contributed by atoms with Gasteiger partial charge in [0, 0.05) is 11.7 Å². The Kier molecular flexibility index (Phi) is 6.02. The quantitative estimate of drug-likeness (QED) is 0.322. The monoisotopic (exact) mass is 425 g/mol. The van der Waals surface area contributed by atoms with Crippen LogP contribution in [-0.4, -0.2) is 24.5 Å². The number of hydrogen-bond acceptors (Lipinski definition) is 4. The second kappa shape index (κ2) is 8.32. The minimum absolute atomic E-state index is 0.0415. The van der Waals surface area contributed by atoms with Gasteiger partial charge in [-0.1, -0.05) is 29.8 Å².